The van der Waals surface area contributed by atoms with Crippen molar-refractivity contribution < 1.29 is 9.53 Å². The Kier molecular flexibility index (Phi) is 2.78. The highest BCUT2D eigenvalue weighted by Crippen LogP contribution is 2.45. The predicted octanol–water partition coefficient (Wildman–Crippen LogP) is 3.21. The molecule has 0 N–H and O–H groups in total. The number of ether oxygens (including phenoxy) is 1. The Labute approximate surface area is 110 Å². The fourth-order valence-corrected chi connectivity index (χ4v) is 2.52. The number of pyridine rings is 1. The van der Waals surface area contributed by atoms with Crippen molar-refractivity contribution in [3.05, 3.63) is 41.7 Å². The zero-order valence-corrected chi connectivity index (χ0v) is 10.9. The summed E-state index contributed by atoms with van der Waals surface area (Å²) < 4.78 is 6.95. The Morgan fingerprint density at radius 1 is 1.50 bits per heavy atom. The first-order valence-electron chi connectivity index (χ1n) is 6.12. The van der Waals surface area contributed by atoms with E-state index in [0.29, 0.717) is 18.1 Å². The lowest BCUT2D eigenvalue weighted by Crippen LogP contribution is -2.02. The molecule has 18 heavy (non-hydrogen) atoms. The Hall–Kier alpha value is -1.48. The lowest BCUT2D eigenvalue weighted by Gasteiger charge is -2.00. The van der Waals surface area contributed by atoms with Crippen molar-refractivity contribution in [2.24, 2.45) is 0 Å². The third-order valence-electron chi connectivity index (χ3n) is 3.27. The average Bonchev–Trinajstić information content (AvgIpc) is 2.92. The van der Waals surface area contributed by atoms with E-state index in [9.17, 15) is 4.79 Å². The van der Waals surface area contributed by atoms with E-state index in [4.69, 9.17) is 16.3 Å². The van der Waals surface area contributed by atoms with E-state index in [1.165, 1.54) is 5.56 Å². The van der Waals surface area contributed by atoms with E-state index in [0.717, 1.165) is 11.9 Å². The Bertz CT molecular complexity index is 605. The molecule has 1 aliphatic carbocycles. The van der Waals surface area contributed by atoms with Gasteiger partial charge in [-0.25, -0.2) is 4.79 Å². The standard InChI is InChI=1S/C14H14ClNO2/c1-2-18-14(17)10-5-11-4-3-9(7-16(11)8-10)12-6-13(12)15/h3-5,7-8,12-13H,2,6H2,1H3. The van der Waals surface area contributed by atoms with Crippen LogP contribution < -0.4 is 0 Å². The fraction of sp³-hybridized carbons (Fsp3) is 0.357. The normalized spacial score (nSPS) is 22.1. The van der Waals surface area contributed by atoms with E-state index in [2.05, 4.69) is 6.07 Å². The summed E-state index contributed by atoms with van der Waals surface area (Å²) in [5, 5.41) is 0.266. The van der Waals surface area contributed by atoms with Gasteiger partial charge in [-0.05, 0) is 31.0 Å². The molecule has 0 amide bonds. The third-order valence-corrected chi connectivity index (χ3v) is 3.75. The molecular formula is C14H14ClNO2. The summed E-state index contributed by atoms with van der Waals surface area (Å²) in [6, 6.07) is 5.93. The van der Waals surface area contributed by atoms with Gasteiger partial charge in [-0.3, -0.25) is 0 Å². The minimum Gasteiger partial charge on any atom is -0.462 e. The van der Waals surface area contributed by atoms with Gasteiger partial charge in [0.05, 0.1) is 12.2 Å². The van der Waals surface area contributed by atoms with Crippen molar-refractivity contribution >= 4 is 23.1 Å². The summed E-state index contributed by atoms with van der Waals surface area (Å²) in [7, 11) is 0. The second kappa shape index (κ2) is 4.32. The fourth-order valence-electron chi connectivity index (χ4n) is 2.18. The van der Waals surface area contributed by atoms with Crippen molar-refractivity contribution in [1.29, 1.82) is 0 Å². The van der Waals surface area contributed by atoms with Gasteiger partial charge in [-0.15, -0.1) is 11.6 Å². The van der Waals surface area contributed by atoms with Crippen LogP contribution in [-0.2, 0) is 4.74 Å². The second-order valence-corrected chi connectivity index (χ2v) is 5.16. The number of esters is 1. The summed E-state index contributed by atoms with van der Waals surface area (Å²) in [4.78, 5) is 11.6. The maximum atomic E-state index is 11.6. The molecule has 94 valence electrons. The zero-order chi connectivity index (χ0) is 12.7. The van der Waals surface area contributed by atoms with Crippen molar-refractivity contribution in [2.45, 2.75) is 24.6 Å². The first-order valence-corrected chi connectivity index (χ1v) is 6.55. The number of alkyl halides is 1. The molecule has 2 unspecified atom stereocenters. The van der Waals surface area contributed by atoms with Crippen LogP contribution in [0.3, 0.4) is 0 Å². The zero-order valence-electron chi connectivity index (χ0n) is 10.1. The lowest BCUT2D eigenvalue weighted by atomic mass is 10.2. The van der Waals surface area contributed by atoms with Gasteiger partial charge in [0, 0.05) is 29.2 Å². The average molecular weight is 264 g/mol. The lowest BCUT2D eigenvalue weighted by molar-refractivity contribution is 0.0526. The summed E-state index contributed by atoms with van der Waals surface area (Å²) in [5.74, 6) is 0.189. The SMILES string of the molecule is CCOC(=O)c1cc2ccc(C3CC3Cl)cn2c1. The molecule has 2 aromatic rings. The number of carbonyl (C=O) groups is 1. The molecule has 3 rings (SSSR count). The van der Waals surface area contributed by atoms with E-state index in [-0.39, 0.29) is 11.3 Å². The number of aromatic nitrogens is 1. The molecule has 0 radical (unpaired) electrons. The number of hydrogen-bond acceptors (Lipinski definition) is 2. The molecule has 1 fully saturated rings. The van der Waals surface area contributed by atoms with Crippen molar-refractivity contribution in [3.63, 3.8) is 0 Å². The van der Waals surface area contributed by atoms with E-state index in [1.807, 2.05) is 28.9 Å². The van der Waals surface area contributed by atoms with Gasteiger partial charge in [-0.2, -0.15) is 0 Å². The van der Waals surface area contributed by atoms with Gasteiger partial charge in [0.25, 0.3) is 0 Å². The summed E-state index contributed by atoms with van der Waals surface area (Å²) in [6.07, 6.45) is 4.90. The van der Waals surface area contributed by atoms with Gasteiger partial charge >= 0.3 is 5.97 Å². The number of rotatable bonds is 3. The topological polar surface area (TPSA) is 30.7 Å². The number of hydrogen-bond donors (Lipinski definition) is 0. The highest BCUT2D eigenvalue weighted by Gasteiger charge is 2.36. The van der Waals surface area contributed by atoms with Crippen LogP contribution in [0.4, 0.5) is 0 Å². The van der Waals surface area contributed by atoms with Crippen LogP contribution in [0.5, 0.6) is 0 Å². The monoisotopic (exact) mass is 263 g/mol. The van der Waals surface area contributed by atoms with E-state index >= 15 is 0 Å². The first-order chi connectivity index (χ1) is 8.69. The van der Waals surface area contributed by atoms with Crippen LogP contribution in [-0.4, -0.2) is 22.4 Å². The Morgan fingerprint density at radius 2 is 2.28 bits per heavy atom. The molecule has 0 aromatic carbocycles. The minimum atomic E-state index is -0.274. The highest BCUT2D eigenvalue weighted by molar-refractivity contribution is 6.23. The van der Waals surface area contributed by atoms with Gasteiger partial charge < -0.3 is 9.14 Å². The number of fused-ring (bicyclic) bond motifs is 1. The van der Waals surface area contributed by atoms with Crippen molar-refractivity contribution in [2.75, 3.05) is 6.61 Å². The largest absolute Gasteiger partial charge is 0.462 e. The van der Waals surface area contributed by atoms with Crippen LogP contribution in [0, 0.1) is 0 Å². The Morgan fingerprint density at radius 3 is 2.94 bits per heavy atom. The van der Waals surface area contributed by atoms with Gasteiger partial charge in [0.2, 0.25) is 0 Å². The molecule has 3 nitrogen and oxygen atoms in total. The number of carbonyl (C=O) groups excluding carboxylic acids is 1. The van der Waals surface area contributed by atoms with E-state index in [1.54, 1.807) is 6.92 Å². The van der Waals surface area contributed by atoms with Crippen LogP contribution in [0.2, 0.25) is 0 Å². The number of halogens is 1. The van der Waals surface area contributed by atoms with Crippen LogP contribution >= 0.6 is 11.6 Å². The quantitative estimate of drug-likeness (QED) is 0.629. The molecule has 2 heterocycles. The molecule has 1 saturated carbocycles. The van der Waals surface area contributed by atoms with Crippen LogP contribution in [0.1, 0.15) is 35.2 Å². The second-order valence-electron chi connectivity index (χ2n) is 4.60. The van der Waals surface area contributed by atoms with Crippen LogP contribution in [0.25, 0.3) is 5.52 Å². The Balaban J connectivity index is 1.94. The predicted molar refractivity (Wildman–Crippen MR) is 70.4 cm³/mol. The van der Waals surface area contributed by atoms with Gasteiger partial charge in [0.15, 0.2) is 0 Å². The molecular weight excluding hydrogens is 250 g/mol. The summed E-state index contributed by atoms with van der Waals surface area (Å²) >= 11 is 6.05. The van der Waals surface area contributed by atoms with E-state index < -0.39 is 0 Å². The molecule has 2 aromatic heterocycles. The molecule has 0 aliphatic heterocycles. The minimum absolute atomic E-state index is 0.266. The first kappa shape index (κ1) is 11.6. The molecule has 0 spiro atoms. The molecule has 4 heteroatoms. The smallest absolute Gasteiger partial charge is 0.339 e. The molecule has 2 atom stereocenters. The molecule has 1 aliphatic rings. The van der Waals surface area contributed by atoms with Crippen LogP contribution in [0.15, 0.2) is 30.6 Å². The third kappa shape index (κ3) is 1.99. The summed E-state index contributed by atoms with van der Waals surface area (Å²) in [5.41, 5.74) is 2.81. The van der Waals surface area contributed by atoms with Crippen molar-refractivity contribution in [1.82, 2.24) is 4.40 Å². The van der Waals surface area contributed by atoms with Crippen molar-refractivity contribution in [3.8, 4) is 0 Å². The van der Waals surface area contributed by atoms with Gasteiger partial charge in [0.1, 0.15) is 0 Å². The molecule has 0 saturated heterocycles. The highest BCUT2D eigenvalue weighted by atomic mass is 35.5. The van der Waals surface area contributed by atoms with Gasteiger partial charge in [-0.1, -0.05) is 6.07 Å². The maximum Gasteiger partial charge on any atom is 0.339 e. The number of nitrogens with zero attached hydrogens (tertiary/aromatic N) is 1. The summed E-state index contributed by atoms with van der Waals surface area (Å²) in [6.45, 7) is 2.20. The maximum absolute atomic E-state index is 11.6. The molecule has 0 bridgehead atoms.